The predicted octanol–water partition coefficient (Wildman–Crippen LogP) is 2.06. The van der Waals surface area contributed by atoms with Gasteiger partial charge in [-0.05, 0) is 42.9 Å². The number of benzene rings is 1. The monoisotopic (exact) mass is 406 g/mol. The maximum absolute atomic E-state index is 12.5. The van der Waals surface area contributed by atoms with Crippen molar-refractivity contribution in [1.29, 1.82) is 0 Å². The predicted molar refractivity (Wildman–Crippen MR) is 110 cm³/mol. The Hall–Kier alpha value is -2.68. The molecule has 0 radical (unpaired) electrons. The zero-order valence-corrected chi connectivity index (χ0v) is 17.2. The summed E-state index contributed by atoms with van der Waals surface area (Å²) in [6.07, 6.45) is 2.92. The molecule has 0 aliphatic carbocycles. The van der Waals surface area contributed by atoms with Gasteiger partial charge < -0.3 is 10.1 Å². The first-order chi connectivity index (χ1) is 13.4. The Morgan fingerprint density at radius 3 is 2.46 bits per heavy atom. The van der Waals surface area contributed by atoms with Crippen LogP contribution in [0.3, 0.4) is 0 Å². The van der Waals surface area contributed by atoms with Gasteiger partial charge in [0.1, 0.15) is 11.8 Å². The maximum Gasteiger partial charge on any atom is 0.253 e. The number of unbranched alkanes of at least 4 members (excludes halogenated alkanes) is 2. The molecule has 28 heavy (non-hydrogen) atoms. The molecule has 1 aliphatic heterocycles. The minimum absolute atomic E-state index is 0.134. The highest BCUT2D eigenvalue weighted by Gasteiger charge is 2.42. The number of nitrogens with one attached hydrogen (secondary N) is 2. The number of rotatable bonds is 9. The first-order valence-corrected chi connectivity index (χ1v) is 9.62. The quantitative estimate of drug-likeness (QED) is 0.482. The third kappa shape index (κ3) is 5.41. The van der Waals surface area contributed by atoms with E-state index < -0.39 is 6.04 Å². The Balaban J connectivity index is 2.00. The molecule has 152 valence electrons. The Morgan fingerprint density at radius 1 is 1.18 bits per heavy atom. The highest BCUT2D eigenvalue weighted by molar-refractivity contribution is 7.80. The summed E-state index contributed by atoms with van der Waals surface area (Å²) in [5.74, 6) is -0.233. The van der Waals surface area contributed by atoms with Crippen LogP contribution in [0.15, 0.2) is 24.3 Å². The van der Waals surface area contributed by atoms with Gasteiger partial charge in [0.05, 0.1) is 13.5 Å². The zero-order chi connectivity index (χ0) is 20.7. The molecule has 1 aromatic carbocycles. The van der Waals surface area contributed by atoms with Crippen molar-refractivity contribution in [1.82, 2.24) is 15.3 Å². The molecule has 0 bridgehead atoms. The van der Waals surface area contributed by atoms with Gasteiger partial charge >= 0.3 is 0 Å². The molecule has 1 fully saturated rings. The number of anilines is 1. The average Bonchev–Trinajstić information content (AvgIpc) is 2.87. The van der Waals surface area contributed by atoms with E-state index in [0.29, 0.717) is 17.9 Å². The Labute approximate surface area is 170 Å². The lowest BCUT2D eigenvalue weighted by Gasteiger charge is -2.24. The van der Waals surface area contributed by atoms with Crippen molar-refractivity contribution in [2.75, 3.05) is 19.5 Å². The molecule has 2 N–H and O–H groups in total. The molecular formula is C19H26N4O4S. The van der Waals surface area contributed by atoms with Crippen molar-refractivity contribution in [3.8, 4) is 5.75 Å². The largest absolute Gasteiger partial charge is 0.497 e. The minimum Gasteiger partial charge on any atom is -0.497 e. The number of thiocarbonyl (C=S) groups is 1. The summed E-state index contributed by atoms with van der Waals surface area (Å²) in [5.41, 5.74) is 3.26. The standard InChI is InChI=1S/C19H26N4O4S/c1-4-5-6-7-16(24)21-23-15(18(26)22(2)19(23)28)12-17(25)20-13-8-10-14(27-3)11-9-13/h8-11,15H,4-7,12H2,1-3H3,(H,20,25)(H,21,24). The van der Waals surface area contributed by atoms with E-state index in [4.69, 9.17) is 17.0 Å². The number of carbonyl (C=O) groups is 3. The van der Waals surface area contributed by atoms with Crippen LogP contribution in [0.4, 0.5) is 5.69 Å². The molecule has 3 amide bonds. The van der Waals surface area contributed by atoms with Crippen molar-refractivity contribution in [2.24, 2.45) is 0 Å². The maximum atomic E-state index is 12.5. The third-order valence-corrected chi connectivity index (χ3v) is 4.90. The second-order valence-corrected chi connectivity index (χ2v) is 6.90. The number of likely N-dealkylation sites (N-methyl/N-ethyl adjacent to an activating group) is 1. The van der Waals surface area contributed by atoms with Gasteiger partial charge in [0.25, 0.3) is 5.91 Å². The van der Waals surface area contributed by atoms with Gasteiger partial charge in [-0.1, -0.05) is 19.8 Å². The number of amides is 3. The van der Waals surface area contributed by atoms with Gasteiger partial charge in [-0.15, -0.1) is 0 Å². The molecule has 1 aliphatic rings. The number of hydrogen-bond donors (Lipinski definition) is 2. The van der Waals surface area contributed by atoms with Gasteiger partial charge in [0.15, 0.2) is 5.11 Å². The van der Waals surface area contributed by atoms with E-state index in [9.17, 15) is 14.4 Å². The van der Waals surface area contributed by atoms with Crippen LogP contribution in [-0.4, -0.2) is 52.9 Å². The Kier molecular flexibility index (Phi) is 7.74. The second kappa shape index (κ2) is 10.0. The van der Waals surface area contributed by atoms with Crippen LogP contribution in [0.25, 0.3) is 0 Å². The SMILES string of the molecule is CCCCCC(=O)NN1C(=S)N(C)C(=O)C1CC(=O)Nc1ccc(OC)cc1. The van der Waals surface area contributed by atoms with Gasteiger partial charge in [-0.25, -0.2) is 5.01 Å². The normalized spacial score (nSPS) is 16.3. The molecule has 2 rings (SSSR count). The molecule has 9 heteroatoms. The minimum atomic E-state index is -0.870. The van der Waals surface area contributed by atoms with E-state index in [1.807, 2.05) is 0 Å². The lowest BCUT2D eigenvalue weighted by Crippen LogP contribution is -2.49. The van der Waals surface area contributed by atoms with Crippen LogP contribution in [0, 0.1) is 0 Å². The number of hydrogen-bond acceptors (Lipinski definition) is 5. The van der Waals surface area contributed by atoms with Crippen LogP contribution < -0.4 is 15.5 Å². The summed E-state index contributed by atoms with van der Waals surface area (Å²) in [6, 6.07) is 5.99. The van der Waals surface area contributed by atoms with E-state index in [1.165, 1.54) is 17.0 Å². The molecule has 1 heterocycles. The Bertz CT molecular complexity index is 738. The summed E-state index contributed by atoms with van der Waals surface area (Å²) in [5, 5.41) is 4.23. The van der Waals surface area contributed by atoms with Crippen molar-refractivity contribution < 1.29 is 19.1 Å². The lowest BCUT2D eigenvalue weighted by atomic mass is 10.2. The van der Waals surface area contributed by atoms with Crippen LogP contribution >= 0.6 is 12.2 Å². The molecule has 8 nitrogen and oxygen atoms in total. The van der Waals surface area contributed by atoms with Crippen molar-refractivity contribution >= 4 is 40.7 Å². The molecule has 1 unspecified atom stereocenters. The van der Waals surface area contributed by atoms with Gasteiger partial charge in [0.2, 0.25) is 11.8 Å². The van der Waals surface area contributed by atoms with Crippen LogP contribution in [-0.2, 0) is 14.4 Å². The first kappa shape index (κ1) is 21.6. The van der Waals surface area contributed by atoms with Crippen molar-refractivity contribution in [3.63, 3.8) is 0 Å². The van der Waals surface area contributed by atoms with E-state index in [1.54, 1.807) is 31.4 Å². The van der Waals surface area contributed by atoms with E-state index in [0.717, 1.165) is 19.3 Å². The van der Waals surface area contributed by atoms with Crippen LogP contribution in [0.2, 0.25) is 0 Å². The smallest absolute Gasteiger partial charge is 0.253 e. The van der Waals surface area contributed by atoms with E-state index in [2.05, 4.69) is 17.7 Å². The fraction of sp³-hybridized carbons (Fsp3) is 0.474. The number of hydrazine groups is 1. The summed E-state index contributed by atoms with van der Waals surface area (Å²) in [4.78, 5) is 38.3. The highest BCUT2D eigenvalue weighted by Crippen LogP contribution is 2.19. The molecular weight excluding hydrogens is 380 g/mol. The van der Waals surface area contributed by atoms with Crippen LogP contribution in [0.1, 0.15) is 39.0 Å². The molecule has 0 aromatic heterocycles. The van der Waals surface area contributed by atoms with Crippen molar-refractivity contribution in [3.05, 3.63) is 24.3 Å². The zero-order valence-electron chi connectivity index (χ0n) is 16.4. The number of carbonyl (C=O) groups excluding carboxylic acids is 3. The van der Waals surface area contributed by atoms with Crippen LogP contribution in [0.5, 0.6) is 5.75 Å². The molecule has 1 aromatic rings. The summed E-state index contributed by atoms with van der Waals surface area (Å²) in [7, 11) is 3.09. The van der Waals surface area contributed by atoms with E-state index >= 15 is 0 Å². The molecule has 1 saturated heterocycles. The van der Waals surface area contributed by atoms with Gasteiger partial charge in [-0.2, -0.15) is 0 Å². The average molecular weight is 407 g/mol. The molecule has 0 spiro atoms. The summed E-state index contributed by atoms with van der Waals surface area (Å²) in [6.45, 7) is 2.05. The van der Waals surface area contributed by atoms with Gasteiger partial charge in [0, 0.05) is 19.2 Å². The van der Waals surface area contributed by atoms with E-state index in [-0.39, 0.29) is 29.3 Å². The van der Waals surface area contributed by atoms with Gasteiger partial charge in [-0.3, -0.25) is 24.7 Å². The third-order valence-electron chi connectivity index (χ3n) is 4.43. The lowest BCUT2D eigenvalue weighted by molar-refractivity contribution is -0.132. The first-order valence-electron chi connectivity index (χ1n) is 9.21. The fourth-order valence-corrected chi connectivity index (χ4v) is 3.08. The number of nitrogens with zero attached hydrogens (tertiary/aromatic N) is 2. The molecule has 1 atom stereocenters. The second-order valence-electron chi connectivity index (χ2n) is 6.54. The fourth-order valence-electron chi connectivity index (χ4n) is 2.82. The molecule has 0 saturated carbocycles. The summed E-state index contributed by atoms with van der Waals surface area (Å²) >= 11 is 5.25. The highest BCUT2D eigenvalue weighted by atomic mass is 32.1. The topological polar surface area (TPSA) is 91.0 Å². The number of ether oxygens (including phenoxy) is 1. The van der Waals surface area contributed by atoms with Crippen molar-refractivity contribution in [2.45, 2.75) is 45.1 Å². The number of methoxy groups -OCH3 is 1. The Morgan fingerprint density at radius 2 is 1.86 bits per heavy atom. The summed E-state index contributed by atoms with van der Waals surface area (Å²) < 4.78 is 5.08.